The molecular formula is C19H17NO3. The van der Waals surface area contributed by atoms with Crippen LogP contribution in [0.1, 0.15) is 17.3 Å². The second kappa shape index (κ2) is 6.40. The lowest BCUT2D eigenvalue weighted by Gasteiger charge is -2.11. The third-order valence-corrected chi connectivity index (χ3v) is 3.52. The average molecular weight is 307 g/mol. The van der Waals surface area contributed by atoms with E-state index in [0.717, 1.165) is 22.1 Å². The summed E-state index contributed by atoms with van der Waals surface area (Å²) in [5.74, 6) is -0.0991. The van der Waals surface area contributed by atoms with Gasteiger partial charge in [0, 0.05) is 16.8 Å². The first kappa shape index (κ1) is 14.9. The smallest absolute Gasteiger partial charge is 0.338 e. The van der Waals surface area contributed by atoms with Crippen molar-refractivity contribution in [2.75, 3.05) is 11.9 Å². The number of carbonyl (C=O) groups excluding carboxylic acids is 1. The summed E-state index contributed by atoms with van der Waals surface area (Å²) in [7, 11) is 0. The molecule has 0 saturated carbocycles. The summed E-state index contributed by atoms with van der Waals surface area (Å²) in [6.07, 6.45) is 0. The predicted octanol–water partition coefficient (Wildman–Crippen LogP) is 4.47. The molecule has 3 rings (SSSR count). The van der Waals surface area contributed by atoms with Crippen LogP contribution in [-0.4, -0.2) is 17.7 Å². The molecule has 0 heterocycles. The van der Waals surface area contributed by atoms with Crippen LogP contribution in [-0.2, 0) is 4.74 Å². The summed E-state index contributed by atoms with van der Waals surface area (Å²) in [6.45, 7) is 2.13. The molecule has 0 amide bonds. The molecule has 0 fully saturated rings. The van der Waals surface area contributed by atoms with Crippen molar-refractivity contribution in [1.82, 2.24) is 0 Å². The number of benzene rings is 3. The molecule has 0 atom stereocenters. The SMILES string of the molecule is CCOC(=O)c1cccc(Nc2cccc3cc(O)ccc23)c1. The van der Waals surface area contributed by atoms with Crippen LogP contribution in [0.3, 0.4) is 0 Å². The van der Waals surface area contributed by atoms with E-state index in [2.05, 4.69) is 5.32 Å². The van der Waals surface area contributed by atoms with Crippen LogP contribution in [0.15, 0.2) is 60.7 Å². The van der Waals surface area contributed by atoms with Crippen molar-refractivity contribution < 1.29 is 14.6 Å². The van der Waals surface area contributed by atoms with E-state index < -0.39 is 0 Å². The zero-order valence-electron chi connectivity index (χ0n) is 12.7. The van der Waals surface area contributed by atoms with Gasteiger partial charge in [-0.3, -0.25) is 0 Å². The third kappa shape index (κ3) is 3.26. The van der Waals surface area contributed by atoms with Crippen LogP contribution in [0.5, 0.6) is 5.75 Å². The van der Waals surface area contributed by atoms with Gasteiger partial charge in [0.05, 0.1) is 12.2 Å². The number of esters is 1. The number of ether oxygens (including phenoxy) is 1. The van der Waals surface area contributed by atoms with E-state index in [-0.39, 0.29) is 11.7 Å². The highest BCUT2D eigenvalue weighted by Gasteiger charge is 2.08. The molecule has 0 unspecified atom stereocenters. The van der Waals surface area contributed by atoms with E-state index in [1.807, 2.05) is 36.4 Å². The quantitative estimate of drug-likeness (QED) is 0.698. The number of anilines is 2. The summed E-state index contributed by atoms with van der Waals surface area (Å²) < 4.78 is 5.02. The summed E-state index contributed by atoms with van der Waals surface area (Å²) in [5, 5.41) is 14.8. The first-order valence-electron chi connectivity index (χ1n) is 7.43. The summed E-state index contributed by atoms with van der Waals surface area (Å²) >= 11 is 0. The zero-order valence-corrected chi connectivity index (χ0v) is 12.7. The molecule has 3 aromatic carbocycles. The fourth-order valence-corrected chi connectivity index (χ4v) is 2.47. The van der Waals surface area contributed by atoms with Gasteiger partial charge >= 0.3 is 5.97 Å². The maximum absolute atomic E-state index is 11.8. The van der Waals surface area contributed by atoms with Gasteiger partial charge in [0.25, 0.3) is 0 Å². The van der Waals surface area contributed by atoms with Crippen molar-refractivity contribution in [1.29, 1.82) is 0 Å². The van der Waals surface area contributed by atoms with E-state index >= 15 is 0 Å². The second-order valence-corrected chi connectivity index (χ2v) is 5.14. The molecule has 0 aromatic heterocycles. The molecule has 4 nitrogen and oxygen atoms in total. The van der Waals surface area contributed by atoms with Crippen molar-refractivity contribution >= 4 is 28.1 Å². The lowest BCUT2D eigenvalue weighted by atomic mass is 10.1. The first-order chi connectivity index (χ1) is 11.2. The lowest BCUT2D eigenvalue weighted by Crippen LogP contribution is -2.04. The standard InChI is InChI=1S/C19H17NO3/c1-2-23-19(22)14-6-3-7-15(11-14)20-18-8-4-5-13-12-16(21)9-10-17(13)18/h3-12,20-21H,2H2,1H3. The van der Waals surface area contributed by atoms with Crippen molar-refractivity contribution in [3.63, 3.8) is 0 Å². The monoisotopic (exact) mass is 307 g/mol. The molecule has 4 heteroatoms. The molecule has 2 N–H and O–H groups in total. The molecule has 0 radical (unpaired) electrons. The molecule has 0 bridgehead atoms. The van der Waals surface area contributed by atoms with Gasteiger partial charge in [-0.1, -0.05) is 18.2 Å². The first-order valence-corrected chi connectivity index (χ1v) is 7.43. The maximum Gasteiger partial charge on any atom is 0.338 e. The molecule has 116 valence electrons. The van der Waals surface area contributed by atoms with Crippen LogP contribution < -0.4 is 5.32 Å². The number of fused-ring (bicyclic) bond motifs is 1. The Hall–Kier alpha value is -3.01. The molecule has 23 heavy (non-hydrogen) atoms. The number of nitrogens with one attached hydrogen (secondary N) is 1. The summed E-state index contributed by atoms with van der Waals surface area (Å²) in [6, 6.07) is 18.2. The minimum atomic E-state index is -0.334. The number of rotatable bonds is 4. The Morgan fingerprint density at radius 3 is 2.74 bits per heavy atom. The molecule has 3 aromatic rings. The highest BCUT2D eigenvalue weighted by Crippen LogP contribution is 2.29. The molecule has 0 aliphatic rings. The number of aromatic hydroxyl groups is 1. The maximum atomic E-state index is 11.8. The lowest BCUT2D eigenvalue weighted by molar-refractivity contribution is 0.0526. The van der Waals surface area contributed by atoms with Crippen LogP contribution in [0.2, 0.25) is 0 Å². The normalized spacial score (nSPS) is 10.5. The van der Waals surface area contributed by atoms with Gasteiger partial charge in [-0.25, -0.2) is 4.79 Å². The van der Waals surface area contributed by atoms with E-state index in [9.17, 15) is 9.90 Å². The van der Waals surface area contributed by atoms with Crippen molar-refractivity contribution in [2.45, 2.75) is 6.92 Å². The Bertz CT molecular complexity index is 858. The average Bonchev–Trinajstić information content (AvgIpc) is 2.55. The highest BCUT2D eigenvalue weighted by atomic mass is 16.5. The Morgan fingerprint density at radius 2 is 1.91 bits per heavy atom. The Morgan fingerprint density at radius 1 is 1.09 bits per heavy atom. The number of hydrogen-bond donors (Lipinski definition) is 2. The van der Waals surface area contributed by atoms with Gasteiger partial charge in [0.1, 0.15) is 5.75 Å². The van der Waals surface area contributed by atoms with Gasteiger partial charge in [-0.15, -0.1) is 0 Å². The van der Waals surface area contributed by atoms with E-state index in [4.69, 9.17) is 4.74 Å². The van der Waals surface area contributed by atoms with Crippen LogP contribution in [0, 0.1) is 0 Å². The number of hydrogen-bond acceptors (Lipinski definition) is 4. The molecule has 0 saturated heterocycles. The van der Waals surface area contributed by atoms with Gasteiger partial charge in [-0.05, 0) is 54.8 Å². The minimum absolute atomic E-state index is 0.235. The molecular weight excluding hydrogens is 290 g/mol. The molecule has 0 aliphatic carbocycles. The van der Waals surface area contributed by atoms with Crippen molar-refractivity contribution in [3.05, 3.63) is 66.2 Å². The third-order valence-electron chi connectivity index (χ3n) is 3.52. The summed E-state index contributed by atoms with van der Waals surface area (Å²) in [4.78, 5) is 11.8. The van der Waals surface area contributed by atoms with Crippen LogP contribution in [0.25, 0.3) is 10.8 Å². The number of carbonyl (C=O) groups is 1. The highest BCUT2D eigenvalue weighted by molar-refractivity contribution is 5.97. The van der Waals surface area contributed by atoms with E-state index in [1.165, 1.54) is 0 Å². The Balaban J connectivity index is 1.93. The topological polar surface area (TPSA) is 58.6 Å². The predicted molar refractivity (Wildman–Crippen MR) is 91.3 cm³/mol. The largest absolute Gasteiger partial charge is 0.508 e. The number of phenols is 1. The fraction of sp³-hybridized carbons (Fsp3) is 0.105. The minimum Gasteiger partial charge on any atom is -0.508 e. The zero-order chi connectivity index (χ0) is 16.2. The van der Waals surface area contributed by atoms with Gasteiger partial charge in [0.2, 0.25) is 0 Å². The van der Waals surface area contributed by atoms with E-state index in [0.29, 0.717) is 12.2 Å². The Kier molecular flexibility index (Phi) is 4.15. The van der Waals surface area contributed by atoms with Gasteiger partial charge in [-0.2, -0.15) is 0 Å². The second-order valence-electron chi connectivity index (χ2n) is 5.14. The van der Waals surface area contributed by atoms with Gasteiger partial charge < -0.3 is 15.2 Å². The van der Waals surface area contributed by atoms with Crippen LogP contribution >= 0.6 is 0 Å². The van der Waals surface area contributed by atoms with Crippen LogP contribution in [0.4, 0.5) is 11.4 Å². The number of phenolic OH excluding ortho intramolecular Hbond substituents is 1. The molecule has 0 spiro atoms. The van der Waals surface area contributed by atoms with E-state index in [1.54, 1.807) is 31.2 Å². The molecule has 0 aliphatic heterocycles. The Labute approximate surface area is 134 Å². The fourth-order valence-electron chi connectivity index (χ4n) is 2.47. The van der Waals surface area contributed by atoms with Crippen molar-refractivity contribution in [2.24, 2.45) is 0 Å². The summed E-state index contributed by atoms with van der Waals surface area (Å²) in [5.41, 5.74) is 2.22. The van der Waals surface area contributed by atoms with Gasteiger partial charge in [0.15, 0.2) is 0 Å². The van der Waals surface area contributed by atoms with Crippen molar-refractivity contribution in [3.8, 4) is 5.75 Å².